The van der Waals surface area contributed by atoms with Gasteiger partial charge in [0.25, 0.3) is 5.91 Å². The molecule has 0 aliphatic rings. The first-order valence-electron chi connectivity index (χ1n) is 9.39. The molecule has 0 aliphatic carbocycles. The van der Waals surface area contributed by atoms with Gasteiger partial charge in [-0.3, -0.25) is 4.79 Å². The number of hydrogen-bond acceptors (Lipinski definition) is 5. The zero-order valence-corrected chi connectivity index (χ0v) is 15.9. The summed E-state index contributed by atoms with van der Waals surface area (Å²) in [7, 11) is 0. The van der Waals surface area contributed by atoms with Gasteiger partial charge in [0.2, 0.25) is 0 Å². The molecule has 0 fully saturated rings. The molecule has 0 saturated heterocycles. The minimum Gasteiger partial charge on any atom is -0.321 e. The Morgan fingerprint density at radius 2 is 1.80 bits per heavy atom. The molecule has 8 heteroatoms. The third-order valence-corrected chi connectivity index (χ3v) is 4.78. The Bertz CT molecular complexity index is 1310. The van der Waals surface area contributed by atoms with Gasteiger partial charge in [0.1, 0.15) is 18.2 Å². The normalized spacial score (nSPS) is 10.9. The minimum atomic E-state index is -0.270. The molecule has 0 radical (unpaired) electrons. The van der Waals surface area contributed by atoms with Crippen LogP contribution in [0, 0.1) is 0 Å². The van der Waals surface area contributed by atoms with Gasteiger partial charge in [0.05, 0.1) is 18.4 Å². The van der Waals surface area contributed by atoms with Crippen LogP contribution in [0.2, 0.25) is 0 Å². The largest absolute Gasteiger partial charge is 0.321 e. The van der Waals surface area contributed by atoms with Crippen molar-refractivity contribution in [2.75, 3.05) is 5.32 Å². The molecule has 5 aromatic rings. The molecule has 5 rings (SSSR count). The van der Waals surface area contributed by atoms with Crippen LogP contribution in [-0.4, -0.2) is 35.3 Å². The van der Waals surface area contributed by atoms with Gasteiger partial charge in [0, 0.05) is 17.4 Å². The number of rotatable bonds is 5. The maximum absolute atomic E-state index is 13.1. The van der Waals surface area contributed by atoms with Gasteiger partial charge in [-0.1, -0.05) is 48.5 Å². The topological polar surface area (TPSA) is 90.0 Å². The number of nitrogens with one attached hydrogen (secondary N) is 1. The van der Waals surface area contributed by atoms with E-state index in [1.54, 1.807) is 27.9 Å². The van der Waals surface area contributed by atoms with E-state index < -0.39 is 0 Å². The first kappa shape index (κ1) is 17.7. The Balaban J connectivity index is 1.47. The van der Waals surface area contributed by atoms with Crippen molar-refractivity contribution < 1.29 is 4.79 Å². The van der Waals surface area contributed by atoms with Gasteiger partial charge in [-0.25, -0.2) is 19.2 Å². The highest BCUT2D eigenvalue weighted by Gasteiger charge is 2.17. The lowest BCUT2D eigenvalue weighted by Crippen LogP contribution is -2.14. The van der Waals surface area contributed by atoms with Gasteiger partial charge in [-0.2, -0.15) is 10.2 Å². The zero-order chi connectivity index (χ0) is 20.3. The number of nitrogens with zero attached hydrogens (tertiary/aromatic N) is 6. The van der Waals surface area contributed by atoms with Crippen molar-refractivity contribution in [3.63, 3.8) is 0 Å². The molecule has 3 aromatic heterocycles. The summed E-state index contributed by atoms with van der Waals surface area (Å²) in [5, 5.41) is 11.5. The highest BCUT2D eigenvalue weighted by atomic mass is 16.1. The van der Waals surface area contributed by atoms with Crippen LogP contribution in [0.3, 0.4) is 0 Å². The van der Waals surface area contributed by atoms with E-state index in [0.29, 0.717) is 23.4 Å². The highest BCUT2D eigenvalue weighted by Crippen LogP contribution is 2.22. The van der Waals surface area contributed by atoms with Crippen molar-refractivity contribution in [2.45, 2.75) is 6.54 Å². The summed E-state index contributed by atoms with van der Waals surface area (Å²) in [5.74, 6) is -0.270. The fourth-order valence-electron chi connectivity index (χ4n) is 3.34. The molecule has 0 atom stereocenters. The second kappa shape index (κ2) is 7.59. The van der Waals surface area contributed by atoms with Crippen LogP contribution in [0.5, 0.6) is 0 Å². The maximum atomic E-state index is 13.1. The summed E-state index contributed by atoms with van der Waals surface area (Å²) in [6, 6.07) is 19.4. The molecule has 146 valence electrons. The van der Waals surface area contributed by atoms with E-state index in [4.69, 9.17) is 0 Å². The lowest BCUT2D eigenvalue weighted by atomic mass is 10.1. The summed E-state index contributed by atoms with van der Waals surface area (Å²) >= 11 is 0. The molecule has 0 saturated carbocycles. The lowest BCUT2D eigenvalue weighted by Gasteiger charge is -2.10. The number of para-hydroxylation sites is 1. The summed E-state index contributed by atoms with van der Waals surface area (Å²) in [6.45, 7) is 0.502. The molecule has 3 heterocycles. The number of benzene rings is 2. The van der Waals surface area contributed by atoms with Crippen molar-refractivity contribution in [3.8, 4) is 11.3 Å². The Morgan fingerprint density at radius 3 is 2.63 bits per heavy atom. The maximum Gasteiger partial charge on any atom is 0.261 e. The second-order valence-electron chi connectivity index (χ2n) is 6.69. The third-order valence-electron chi connectivity index (χ3n) is 4.78. The molecule has 30 heavy (non-hydrogen) atoms. The number of amides is 1. The smallest absolute Gasteiger partial charge is 0.261 e. The van der Waals surface area contributed by atoms with E-state index in [0.717, 1.165) is 16.8 Å². The predicted octanol–water partition coefficient (Wildman–Crippen LogP) is 3.29. The lowest BCUT2D eigenvalue weighted by molar-refractivity contribution is 0.102. The van der Waals surface area contributed by atoms with Crippen LogP contribution in [0.25, 0.3) is 16.9 Å². The second-order valence-corrected chi connectivity index (χ2v) is 6.69. The molecule has 0 spiro atoms. The van der Waals surface area contributed by atoms with Gasteiger partial charge < -0.3 is 5.32 Å². The number of carbonyl (C=O) groups excluding carboxylic acids is 1. The predicted molar refractivity (Wildman–Crippen MR) is 112 cm³/mol. The summed E-state index contributed by atoms with van der Waals surface area (Å²) in [5.41, 5.74) is 4.40. The third kappa shape index (κ3) is 3.30. The van der Waals surface area contributed by atoms with Crippen LogP contribution in [0.4, 0.5) is 5.69 Å². The molecule has 0 aliphatic heterocycles. The molecular weight excluding hydrogens is 378 g/mol. The van der Waals surface area contributed by atoms with Crippen LogP contribution in [0.15, 0.2) is 85.7 Å². The first-order chi connectivity index (χ1) is 14.8. The Hall–Kier alpha value is -4.33. The van der Waals surface area contributed by atoms with E-state index in [-0.39, 0.29) is 5.91 Å². The van der Waals surface area contributed by atoms with Crippen molar-refractivity contribution in [1.29, 1.82) is 0 Å². The van der Waals surface area contributed by atoms with Crippen LogP contribution >= 0.6 is 0 Å². The van der Waals surface area contributed by atoms with Crippen molar-refractivity contribution in [3.05, 3.63) is 96.8 Å². The van der Waals surface area contributed by atoms with E-state index in [2.05, 4.69) is 25.5 Å². The molecule has 8 nitrogen and oxygen atoms in total. The standard InChI is InChI=1S/C22H17N7O/c30-22(27-19-9-5-4-8-17(19)13-28-15-23-14-26-28)18-12-25-29-20(10-11-24-21(18)29)16-6-2-1-3-7-16/h1-12,14-15H,13H2,(H,27,30). The molecule has 0 unspecified atom stereocenters. The highest BCUT2D eigenvalue weighted by molar-refractivity contribution is 6.08. The quantitative estimate of drug-likeness (QED) is 0.493. The SMILES string of the molecule is O=C(Nc1ccccc1Cn1cncn1)c1cnn2c(-c3ccccc3)ccnc12. The van der Waals surface area contributed by atoms with E-state index >= 15 is 0 Å². The Labute approximate surface area is 171 Å². The van der Waals surface area contributed by atoms with Gasteiger partial charge in [-0.05, 0) is 17.7 Å². The van der Waals surface area contributed by atoms with E-state index in [1.807, 2.05) is 60.7 Å². The number of fused-ring (bicyclic) bond motifs is 1. The molecule has 1 N–H and O–H groups in total. The van der Waals surface area contributed by atoms with Gasteiger partial charge in [-0.15, -0.1) is 0 Å². The fraction of sp³-hybridized carbons (Fsp3) is 0.0455. The van der Waals surface area contributed by atoms with Crippen LogP contribution in [-0.2, 0) is 6.54 Å². The summed E-state index contributed by atoms with van der Waals surface area (Å²) in [4.78, 5) is 21.4. The molecular formula is C22H17N7O. The number of aromatic nitrogens is 6. The van der Waals surface area contributed by atoms with Crippen LogP contribution < -0.4 is 5.32 Å². The minimum absolute atomic E-state index is 0.270. The van der Waals surface area contributed by atoms with Gasteiger partial charge in [0.15, 0.2) is 5.65 Å². The number of hydrogen-bond donors (Lipinski definition) is 1. The van der Waals surface area contributed by atoms with Gasteiger partial charge >= 0.3 is 0 Å². The fourth-order valence-corrected chi connectivity index (χ4v) is 3.34. The average molecular weight is 395 g/mol. The summed E-state index contributed by atoms with van der Waals surface area (Å²) < 4.78 is 3.39. The van der Waals surface area contributed by atoms with Crippen molar-refractivity contribution >= 4 is 17.2 Å². The number of carbonyl (C=O) groups is 1. The van der Waals surface area contributed by atoms with Crippen LogP contribution in [0.1, 0.15) is 15.9 Å². The Kier molecular flexibility index (Phi) is 4.49. The summed E-state index contributed by atoms with van der Waals surface area (Å²) in [6.07, 6.45) is 6.36. The number of anilines is 1. The zero-order valence-electron chi connectivity index (χ0n) is 15.9. The molecule has 0 bridgehead atoms. The van der Waals surface area contributed by atoms with Crippen molar-refractivity contribution in [1.82, 2.24) is 29.4 Å². The first-order valence-corrected chi connectivity index (χ1v) is 9.39. The van der Waals surface area contributed by atoms with E-state index in [1.165, 1.54) is 6.33 Å². The average Bonchev–Trinajstić information content (AvgIpc) is 3.45. The van der Waals surface area contributed by atoms with Crippen molar-refractivity contribution in [2.24, 2.45) is 0 Å². The monoisotopic (exact) mass is 395 g/mol. The van der Waals surface area contributed by atoms with E-state index in [9.17, 15) is 4.79 Å². The Morgan fingerprint density at radius 1 is 0.967 bits per heavy atom. The molecule has 2 aromatic carbocycles. The molecule has 1 amide bonds.